The van der Waals surface area contributed by atoms with E-state index in [1.807, 2.05) is 48.5 Å². The summed E-state index contributed by atoms with van der Waals surface area (Å²) >= 11 is 3.33. The molecular formula is C17H15BrN2O2. The lowest BCUT2D eigenvalue weighted by molar-refractivity contribution is -0.123. The van der Waals surface area contributed by atoms with Crippen LogP contribution in [-0.4, -0.2) is 18.7 Å². The van der Waals surface area contributed by atoms with Crippen molar-refractivity contribution in [1.82, 2.24) is 5.43 Å². The highest BCUT2D eigenvalue weighted by atomic mass is 79.9. The van der Waals surface area contributed by atoms with Gasteiger partial charge in [0.2, 0.25) is 0 Å². The van der Waals surface area contributed by atoms with E-state index in [9.17, 15) is 4.79 Å². The summed E-state index contributed by atoms with van der Waals surface area (Å²) in [7, 11) is 0. The number of carbonyl (C=O) groups is 1. The number of amides is 1. The average molecular weight is 359 g/mol. The molecule has 5 heteroatoms. The first kappa shape index (κ1) is 16.0. The minimum atomic E-state index is -0.313. The Morgan fingerprint density at radius 1 is 1.14 bits per heavy atom. The van der Waals surface area contributed by atoms with E-state index in [0.29, 0.717) is 5.75 Å². The largest absolute Gasteiger partial charge is 0.484 e. The van der Waals surface area contributed by atoms with E-state index in [1.165, 1.54) is 6.21 Å². The predicted molar refractivity (Wildman–Crippen MR) is 91.7 cm³/mol. The Morgan fingerprint density at radius 3 is 2.59 bits per heavy atom. The van der Waals surface area contributed by atoms with Crippen LogP contribution in [0.2, 0.25) is 0 Å². The van der Waals surface area contributed by atoms with E-state index < -0.39 is 0 Å². The molecule has 0 fully saturated rings. The van der Waals surface area contributed by atoms with Crippen molar-refractivity contribution in [3.8, 4) is 5.75 Å². The lowest BCUT2D eigenvalue weighted by atomic mass is 10.2. The second kappa shape index (κ2) is 8.79. The Morgan fingerprint density at radius 2 is 1.86 bits per heavy atom. The number of halogens is 1. The molecule has 0 saturated carbocycles. The van der Waals surface area contributed by atoms with Crippen LogP contribution in [0.25, 0.3) is 6.08 Å². The van der Waals surface area contributed by atoms with Gasteiger partial charge in [-0.15, -0.1) is 0 Å². The number of hydrogen-bond donors (Lipinski definition) is 1. The summed E-state index contributed by atoms with van der Waals surface area (Å²) in [6, 6.07) is 17.1. The predicted octanol–water partition coefficient (Wildman–Crippen LogP) is 3.64. The van der Waals surface area contributed by atoms with Gasteiger partial charge in [-0.3, -0.25) is 4.79 Å². The highest BCUT2D eigenvalue weighted by Crippen LogP contribution is 2.15. The molecule has 0 unspecified atom stereocenters. The van der Waals surface area contributed by atoms with Crippen molar-refractivity contribution in [2.24, 2.45) is 5.10 Å². The molecule has 4 nitrogen and oxygen atoms in total. The van der Waals surface area contributed by atoms with Gasteiger partial charge in [-0.25, -0.2) is 5.43 Å². The SMILES string of the molecule is O=C(COc1ccc(Br)cc1)N/N=C/C=C/c1ccccc1. The van der Waals surface area contributed by atoms with Crippen LogP contribution in [0.4, 0.5) is 0 Å². The van der Waals surface area contributed by atoms with Crippen LogP contribution in [0.1, 0.15) is 5.56 Å². The molecule has 1 amide bonds. The molecule has 1 N–H and O–H groups in total. The number of hydrogen-bond acceptors (Lipinski definition) is 3. The smallest absolute Gasteiger partial charge is 0.277 e. The number of nitrogens with one attached hydrogen (secondary N) is 1. The Labute approximate surface area is 137 Å². The van der Waals surface area contributed by atoms with Crippen LogP contribution in [-0.2, 0) is 4.79 Å². The molecule has 0 radical (unpaired) electrons. The third-order valence-corrected chi connectivity index (χ3v) is 3.15. The fraction of sp³-hybridized carbons (Fsp3) is 0.0588. The second-order valence-electron chi connectivity index (χ2n) is 4.33. The fourth-order valence-corrected chi connectivity index (χ4v) is 1.85. The maximum Gasteiger partial charge on any atom is 0.277 e. The quantitative estimate of drug-likeness (QED) is 0.632. The van der Waals surface area contributed by atoms with Gasteiger partial charge in [-0.05, 0) is 35.9 Å². The third kappa shape index (κ3) is 5.93. The third-order valence-electron chi connectivity index (χ3n) is 2.62. The molecule has 0 spiro atoms. The topological polar surface area (TPSA) is 50.7 Å². The zero-order chi connectivity index (χ0) is 15.6. The number of hydrazone groups is 1. The normalized spacial score (nSPS) is 11.0. The van der Waals surface area contributed by atoms with Gasteiger partial charge >= 0.3 is 0 Å². The second-order valence-corrected chi connectivity index (χ2v) is 5.24. The zero-order valence-electron chi connectivity index (χ0n) is 11.8. The summed E-state index contributed by atoms with van der Waals surface area (Å²) in [5.41, 5.74) is 3.46. The molecule has 0 aliphatic rings. The van der Waals surface area contributed by atoms with Crippen LogP contribution in [0.15, 0.2) is 70.2 Å². The first-order chi connectivity index (χ1) is 10.7. The van der Waals surface area contributed by atoms with Crippen molar-refractivity contribution < 1.29 is 9.53 Å². The van der Waals surface area contributed by atoms with E-state index in [4.69, 9.17) is 4.74 Å². The highest BCUT2D eigenvalue weighted by molar-refractivity contribution is 9.10. The van der Waals surface area contributed by atoms with E-state index in [2.05, 4.69) is 26.5 Å². The van der Waals surface area contributed by atoms with Gasteiger partial charge in [0, 0.05) is 10.7 Å². The first-order valence-corrected chi connectivity index (χ1v) is 7.45. The summed E-state index contributed by atoms with van der Waals surface area (Å²) in [4.78, 5) is 11.5. The number of ether oxygens (including phenoxy) is 1. The fourth-order valence-electron chi connectivity index (χ4n) is 1.58. The van der Waals surface area contributed by atoms with Gasteiger partial charge in [-0.2, -0.15) is 5.10 Å². The van der Waals surface area contributed by atoms with Crippen molar-refractivity contribution in [2.75, 3.05) is 6.61 Å². The van der Waals surface area contributed by atoms with Crippen molar-refractivity contribution in [2.45, 2.75) is 0 Å². The standard InChI is InChI=1S/C17H15BrN2O2/c18-15-8-10-16(11-9-15)22-13-17(21)20-19-12-4-7-14-5-2-1-3-6-14/h1-12H,13H2,(H,20,21)/b7-4+,19-12+. The maximum atomic E-state index is 11.5. The summed E-state index contributed by atoms with van der Waals surface area (Å²) < 4.78 is 6.28. The lowest BCUT2D eigenvalue weighted by Gasteiger charge is -2.04. The van der Waals surface area contributed by atoms with Crippen LogP contribution >= 0.6 is 15.9 Å². The zero-order valence-corrected chi connectivity index (χ0v) is 13.4. The summed E-state index contributed by atoms with van der Waals surface area (Å²) in [6.45, 7) is -0.0820. The van der Waals surface area contributed by atoms with Gasteiger partial charge in [0.25, 0.3) is 5.91 Å². The van der Waals surface area contributed by atoms with Crippen molar-refractivity contribution in [3.63, 3.8) is 0 Å². The molecule has 112 valence electrons. The number of nitrogens with zero attached hydrogens (tertiary/aromatic N) is 1. The molecule has 0 aliphatic carbocycles. The minimum Gasteiger partial charge on any atom is -0.484 e. The van der Waals surface area contributed by atoms with Crippen LogP contribution in [0.3, 0.4) is 0 Å². The number of benzene rings is 2. The molecule has 0 heterocycles. The first-order valence-electron chi connectivity index (χ1n) is 6.66. The Bertz CT molecular complexity index is 652. The Kier molecular flexibility index (Phi) is 6.39. The van der Waals surface area contributed by atoms with Crippen molar-refractivity contribution in [1.29, 1.82) is 0 Å². The summed E-state index contributed by atoms with van der Waals surface area (Å²) in [6.07, 6.45) is 5.17. The molecular weight excluding hydrogens is 344 g/mol. The monoisotopic (exact) mass is 358 g/mol. The Hall–Kier alpha value is -2.40. The lowest BCUT2D eigenvalue weighted by Crippen LogP contribution is -2.24. The molecule has 0 bridgehead atoms. The van der Waals surface area contributed by atoms with E-state index in [1.54, 1.807) is 18.2 Å². The van der Waals surface area contributed by atoms with Crippen molar-refractivity contribution >= 4 is 34.1 Å². The van der Waals surface area contributed by atoms with Crippen LogP contribution in [0, 0.1) is 0 Å². The molecule has 0 aliphatic heterocycles. The van der Waals surface area contributed by atoms with Gasteiger partial charge in [0.05, 0.1) is 0 Å². The van der Waals surface area contributed by atoms with Crippen molar-refractivity contribution in [3.05, 3.63) is 70.7 Å². The van der Waals surface area contributed by atoms with E-state index in [0.717, 1.165) is 10.0 Å². The molecule has 2 aromatic carbocycles. The highest BCUT2D eigenvalue weighted by Gasteiger charge is 2.00. The van der Waals surface area contributed by atoms with Gasteiger partial charge in [0.1, 0.15) is 5.75 Å². The summed E-state index contributed by atoms with van der Waals surface area (Å²) in [5.74, 6) is 0.318. The van der Waals surface area contributed by atoms with Gasteiger partial charge in [-0.1, -0.05) is 52.3 Å². The van der Waals surface area contributed by atoms with Gasteiger partial charge in [0.15, 0.2) is 6.61 Å². The molecule has 0 aromatic heterocycles. The maximum absolute atomic E-state index is 11.5. The van der Waals surface area contributed by atoms with E-state index >= 15 is 0 Å². The minimum absolute atomic E-state index is 0.0820. The van der Waals surface area contributed by atoms with E-state index in [-0.39, 0.29) is 12.5 Å². The Balaban J connectivity index is 1.70. The van der Waals surface area contributed by atoms with Crippen LogP contribution in [0.5, 0.6) is 5.75 Å². The van der Waals surface area contributed by atoms with Gasteiger partial charge < -0.3 is 4.74 Å². The average Bonchev–Trinajstić information content (AvgIpc) is 2.55. The molecule has 2 aromatic rings. The molecule has 0 saturated heterocycles. The number of carbonyl (C=O) groups excluding carboxylic acids is 1. The molecule has 2 rings (SSSR count). The summed E-state index contributed by atoms with van der Waals surface area (Å²) in [5, 5.41) is 3.81. The number of rotatable bonds is 6. The molecule has 22 heavy (non-hydrogen) atoms. The number of allylic oxidation sites excluding steroid dienone is 1. The van der Waals surface area contributed by atoms with Crippen LogP contribution < -0.4 is 10.2 Å². The molecule has 0 atom stereocenters.